The molecule has 0 aliphatic heterocycles. The van der Waals surface area contributed by atoms with E-state index in [0.29, 0.717) is 0 Å². The van der Waals surface area contributed by atoms with Gasteiger partial charge in [-0.3, -0.25) is 0 Å². The number of carbonyl (C=O) groups is 1. The fourth-order valence-corrected chi connectivity index (χ4v) is 0.850. The molecule has 0 atom stereocenters. The van der Waals surface area contributed by atoms with Crippen molar-refractivity contribution in [3.63, 3.8) is 0 Å². The van der Waals surface area contributed by atoms with E-state index < -0.39 is 5.97 Å². The smallest absolute Gasteiger partial charge is 0.337 e. The molecule has 0 aromatic carbocycles. The van der Waals surface area contributed by atoms with Gasteiger partial charge in [-0.1, -0.05) is 24.2 Å². The number of aromatic nitrogens is 1. The van der Waals surface area contributed by atoms with Crippen LogP contribution in [0.3, 0.4) is 0 Å². The summed E-state index contributed by atoms with van der Waals surface area (Å²) in [7, 11) is 0. The van der Waals surface area contributed by atoms with Gasteiger partial charge in [-0.25, -0.2) is 9.78 Å². The lowest BCUT2D eigenvalue weighted by Crippen LogP contribution is -1.99. The second-order valence-electron chi connectivity index (χ2n) is 2.13. The van der Waals surface area contributed by atoms with Crippen LogP contribution in [0, 0.1) is 0 Å². The van der Waals surface area contributed by atoms with Crippen molar-refractivity contribution in [2.75, 3.05) is 0 Å². The predicted molar refractivity (Wildman–Crippen MR) is 45.9 cm³/mol. The molecule has 1 N–H and O–H groups in total. The molecule has 0 aliphatic carbocycles. The number of rotatable bonds is 2. The van der Waals surface area contributed by atoms with E-state index in [-0.39, 0.29) is 16.4 Å². The van der Waals surface area contributed by atoms with Gasteiger partial charge in [0.15, 0.2) is 0 Å². The molecule has 0 saturated heterocycles. The molecule has 0 saturated carbocycles. The number of carboxylic acid groups (broad SMARTS) is 1. The summed E-state index contributed by atoms with van der Waals surface area (Å²) in [6, 6.07) is 4.74. The van der Waals surface area contributed by atoms with Crippen LogP contribution in [0.25, 0.3) is 5.57 Å². The van der Waals surface area contributed by atoms with E-state index in [2.05, 4.69) is 11.6 Å². The summed E-state index contributed by atoms with van der Waals surface area (Å²) in [4.78, 5) is 14.2. The third kappa shape index (κ3) is 1.83. The molecule has 1 heterocycles. The molecule has 1 aromatic heterocycles. The molecule has 62 valence electrons. The zero-order valence-electron chi connectivity index (χ0n) is 6.12. The minimum atomic E-state index is -1.09. The molecule has 1 aromatic rings. The number of aliphatic carboxylic acids is 1. The van der Waals surface area contributed by atoms with Crippen LogP contribution in [0.1, 0.15) is 5.69 Å². The number of carboxylic acids is 1. The summed E-state index contributed by atoms with van der Waals surface area (Å²) in [6.07, 6.45) is 0. The first-order valence-electron chi connectivity index (χ1n) is 3.16. The average molecular weight is 184 g/mol. The highest BCUT2D eigenvalue weighted by atomic mass is 35.5. The Hall–Kier alpha value is -1.35. The Morgan fingerprint density at radius 1 is 1.58 bits per heavy atom. The largest absolute Gasteiger partial charge is 0.478 e. The van der Waals surface area contributed by atoms with Crippen molar-refractivity contribution in [2.24, 2.45) is 0 Å². The Morgan fingerprint density at radius 2 is 2.25 bits per heavy atom. The van der Waals surface area contributed by atoms with Gasteiger partial charge >= 0.3 is 5.97 Å². The first-order chi connectivity index (χ1) is 5.61. The van der Waals surface area contributed by atoms with Gasteiger partial charge in [0.2, 0.25) is 0 Å². The number of nitrogens with zero attached hydrogens (tertiary/aromatic N) is 1. The molecule has 0 amide bonds. The quantitative estimate of drug-likeness (QED) is 0.562. The molecule has 0 spiro atoms. The first kappa shape index (κ1) is 8.74. The highest BCUT2D eigenvalue weighted by Gasteiger charge is 2.07. The van der Waals surface area contributed by atoms with Gasteiger partial charge in [0.05, 0.1) is 11.3 Å². The average Bonchev–Trinajstić information content (AvgIpc) is 2.03. The topological polar surface area (TPSA) is 50.2 Å². The molecule has 4 heteroatoms. The lowest BCUT2D eigenvalue weighted by atomic mass is 10.2. The van der Waals surface area contributed by atoms with Crippen LogP contribution in [-0.4, -0.2) is 16.1 Å². The Kier molecular flexibility index (Phi) is 2.45. The summed E-state index contributed by atoms with van der Waals surface area (Å²) in [5.74, 6) is -1.09. The predicted octanol–water partition coefficient (Wildman–Crippen LogP) is 1.83. The molecular formula is C8H6ClNO2. The number of halogens is 1. The van der Waals surface area contributed by atoms with Crippen LogP contribution in [0.5, 0.6) is 0 Å². The Morgan fingerprint density at radius 3 is 2.75 bits per heavy atom. The number of hydrogen-bond acceptors (Lipinski definition) is 2. The maximum Gasteiger partial charge on any atom is 0.337 e. The van der Waals surface area contributed by atoms with Crippen LogP contribution in [0.15, 0.2) is 24.8 Å². The van der Waals surface area contributed by atoms with E-state index in [1.54, 1.807) is 18.2 Å². The second kappa shape index (κ2) is 3.36. The third-order valence-corrected chi connectivity index (χ3v) is 1.49. The van der Waals surface area contributed by atoms with Crippen molar-refractivity contribution in [3.8, 4) is 0 Å². The Balaban J connectivity index is 3.04. The van der Waals surface area contributed by atoms with Crippen molar-refractivity contribution in [2.45, 2.75) is 0 Å². The zero-order chi connectivity index (χ0) is 9.14. The minimum Gasteiger partial charge on any atom is -0.478 e. The lowest BCUT2D eigenvalue weighted by molar-refractivity contribution is -0.130. The van der Waals surface area contributed by atoms with Gasteiger partial charge in [0.25, 0.3) is 0 Å². The van der Waals surface area contributed by atoms with Crippen molar-refractivity contribution in [1.82, 2.24) is 4.98 Å². The summed E-state index contributed by atoms with van der Waals surface area (Å²) < 4.78 is 0. The highest BCUT2D eigenvalue weighted by Crippen LogP contribution is 2.12. The standard InChI is InChI=1S/C8H6ClNO2/c1-5(8(11)12)6-3-2-4-7(9)10-6/h2-4H,1H2,(H,11,12). The van der Waals surface area contributed by atoms with Crippen LogP contribution in [0.4, 0.5) is 0 Å². The van der Waals surface area contributed by atoms with Gasteiger partial charge in [-0.2, -0.15) is 0 Å². The molecule has 12 heavy (non-hydrogen) atoms. The van der Waals surface area contributed by atoms with Crippen molar-refractivity contribution < 1.29 is 9.90 Å². The molecule has 3 nitrogen and oxygen atoms in total. The van der Waals surface area contributed by atoms with Crippen LogP contribution >= 0.6 is 11.6 Å². The number of pyridine rings is 1. The van der Waals surface area contributed by atoms with Gasteiger partial charge in [0.1, 0.15) is 5.15 Å². The van der Waals surface area contributed by atoms with Gasteiger partial charge < -0.3 is 5.11 Å². The maximum atomic E-state index is 10.4. The fraction of sp³-hybridized carbons (Fsp3) is 0. The van der Waals surface area contributed by atoms with Gasteiger partial charge in [-0.05, 0) is 12.1 Å². The summed E-state index contributed by atoms with van der Waals surface area (Å²) in [5, 5.41) is 8.80. The van der Waals surface area contributed by atoms with Gasteiger partial charge in [0, 0.05) is 0 Å². The SMILES string of the molecule is C=C(C(=O)O)c1cccc(Cl)n1. The Labute approximate surface area is 74.3 Å². The fourth-order valence-electron chi connectivity index (χ4n) is 0.686. The van der Waals surface area contributed by atoms with Crippen molar-refractivity contribution in [1.29, 1.82) is 0 Å². The van der Waals surface area contributed by atoms with E-state index in [9.17, 15) is 4.79 Å². The minimum absolute atomic E-state index is 0.0579. The molecule has 1 rings (SSSR count). The highest BCUT2D eigenvalue weighted by molar-refractivity contribution is 6.29. The van der Waals surface area contributed by atoms with E-state index in [4.69, 9.17) is 16.7 Å². The van der Waals surface area contributed by atoms with E-state index in [0.717, 1.165) is 0 Å². The molecule has 0 radical (unpaired) electrons. The van der Waals surface area contributed by atoms with Crippen LogP contribution in [-0.2, 0) is 4.79 Å². The van der Waals surface area contributed by atoms with Crippen molar-refractivity contribution >= 4 is 23.1 Å². The van der Waals surface area contributed by atoms with Crippen LogP contribution < -0.4 is 0 Å². The second-order valence-corrected chi connectivity index (χ2v) is 2.52. The van der Waals surface area contributed by atoms with E-state index >= 15 is 0 Å². The molecule has 0 fully saturated rings. The first-order valence-corrected chi connectivity index (χ1v) is 3.54. The normalized spacial score (nSPS) is 9.42. The Bertz CT molecular complexity index is 336. The molecular weight excluding hydrogens is 178 g/mol. The zero-order valence-corrected chi connectivity index (χ0v) is 6.88. The summed E-state index contributed by atoms with van der Waals surface area (Å²) >= 11 is 5.55. The number of hydrogen-bond donors (Lipinski definition) is 1. The van der Waals surface area contributed by atoms with E-state index in [1.165, 1.54) is 0 Å². The third-order valence-electron chi connectivity index (χ3n) is 1.28. The monoisotopic (exact) mass is 183 g/mol. The molecule has 0 aliphatic rings. The van der Waals surface area contributed by atoms with Crippen LogP contribution in [0.2, 0.25) is 5.15 Å². The molecule has 0 unspecified atom stereocenters. The lowest BCUT2D eigenvalue weighted by Gasteiger charge is -1.98. The summed E-state index contributed by atoms with van der Waals surface area (Å²) in [5.41, 5.74) is 0.229. The molecule has 0 bridgehead atoms. The van der Waals surface area contributed by atoms with E-state index in [1.807, 2.05) is 0 Å². The summed E-state index contributed by atoms with van der Waals surface area (Å²) in [6.45, 7) is 3.34. The van der Waals surface area contributed by atoms with Crippen molar-refractivity contribution in [3.05, 3.63) is 35.6 Å². The van der Waals surface area contributed by atoms with Gasteiger partial charge in [-0.15, -0.1) is 0 Å². The maximum absolute atomic E-state index is 10.4.